The van der Waals surface area contributed by atoms with Crippen molar-refractivity contribution in [2.45, 2.75) is 0 Å². The van der Waals surface area contributed by atoms with Crippen LogP contribution in [0.4, 0.5) is 5.00 Å². The largest absolute Gasteiger partial charge is 0.494 e. The van der Waals surface area contributed by atoms with E-state index in [1.807, 2.05) is 24.3 Å². The fraction of sp³-hybridized carbons (Fsp3) is 0.0526. The highest BCUT2D eigenvalue weighted by atomic mass is 79.9. The van der Waals surface area contributed by atoms with E-state index in [0.717, 1.165) is 21.4 Å². The first kappa shape index (κ1) is 22.5. The zero-order chi connectivity index (χ0) is 21.3. The summed E-state index contributed by atoms with van der Waals surface area (Å²) in [5.41, 5.74) is 1.64. The van der Waals surface area contributed by atoms with Crippen LogP contribution in [0.5, 0.6) is 5.75 Å². The number of rotatable bonds is 5. The van der Waals surface area contributed by atoms with E-state index in [-0.39, 0.29) is 10.6 Å². The summed E-state index contributed by atoms with van der Waals surface area (Å²) in [7, 11) is 1.52. The van der Waals surface area contributed by atoms with Crippen LogP contribution in [0.15, 0.2) is 53.6 Å². The van der Waals surface area contributed by atoms with Crippen LogP contribution in [0, 0.1) is 0 Å². The number of amides is 1. The molecule has 0 unspecified atom stereocenters. The quantitative estimate of drug-likeness (QED) is 0.278. The van der Waals surface area contributed by atoms with E-state index in [2.05, 4.69) is 69.0 Å². The molecule has 0 saturated carbocycles. The molecule has 2 N–H and O–H groups in total. The van der Waals surface area contributed by atoms with E-state index in [0.29, 0.717) is 30.3 Å². The minimum Gasteiger partial charge on any atom is -0.494 e. The first-order chi connectivity index (χ1) is 13.7. The molecule has 1 heterocycles. The van der Waals surface area contributed by atoms with E-state index in [1.54, 1.807) is 11.4 Å². The molecule has 0 fully saturated rings. The Balaban J connectivity index is 2.01. The summed E-state index contributed by atoms with van der Waals surface area (Å²) in [4.78, 5) is 24.8. The van der Waals surface area contributed by atoms with Gasteiger partial charge in [-0.15, -0.1) is 11.3 Å². The molecule has 0 bridgehead atoms. The maximum atomic E-state index is 12.9. The summed E-state index contributed by atoms with van der Waals surface area (Å²) in [6, 6.07) is 8.93. The number of carbonyl (C=O) groups excluding carboxylic acids is 1. The van der Waals surface area contributed by atoms with Gasteiger partial charge in [0, 0.05) is 19.9 Å². The highest BCUT2D eigenvalue weighted by Gasteiger charge is 2.24. The van der Waals surface area contributed by atoms with Crippen molar-refractivity contribution in [1.82, 2.24) is 0 Å². The molecule has 0 aliphatic rings. The number of thiophene rings is 1. The molecule has 1 aromatic heterocycles. The van der Waals surface area contributed by atoms with Gasteiger partial charge in [0.1, 0.15) is 16.3 Å². The number of ether oxygens (including phenoxy) is 1. The standard InChI is InChI=1S/C19H11Br4NO4S/c1-28-16-12(21)6-10(14(22)15(16)23)17(25)24-18-13(19(26)27)11(7-29-18)8-3-2-4-9(20)5-8/h2-7H,1H3,(H,24,25)(H,26,27). The maximum Gasteiger partial charge on any atom is 0.339 e. The van der Waals surface area contributed by atoms with Crippen molar-refractivity contribution in [2.24, 2.45) is 0 Å². The number of nitrogens with one attached hydrogen (secondary N) is 1. The molecule has 0 saturated heterocycles. The van der Waals surface area contributed by atoms with E-state index in [4.69, 9.17) is 4.74 Å². The third kappa shape index (κ3) is 4.61. The van der Waals surface area contributed by atoms with Gasteiger partial charge in [-0.2, -0.15) is 0 Å². The number of hydrogen-bond donors (Lipinski definition) is 2. The van der Waals surface area contributed by atoms with Crippen LogP contribution in [-0.2, 0) is 0 Å². The number of carboxylic acid groups (broad SMARTS) is 1. The van der Waals surface area contributed by atoms with Crippen molar-refractivity contribution in [2.75, 3.05) is 12.4 Å². The summed E-state index contributed by atoms with van der Waals surface area (Å²) in [5, 5.41) is 14.5. The van der Waals surface area contributed by atoms with Crippen molar-refractivity contribution >= 4 is 91.9 Å². The summed E-state index contributed by atoms with van der Waals surface area (Å²) in [6.45, 7) is 0. The molecule has 3 rings (SSSR count). The number of benzene rings is 2. The molecular weight excluding hydrogens is 658 g/mol. The Kier molecular flexibility index (Phi) is 7.21. The molecule has 5 nitrogen and oxygen atoms in total. The van der Waals surface area contributed by atoms with Crippen molar-refractivity contribution in [3.05, 3.63) is 64.7 Å². The fourth-order valence-electron chi connectivity index (χ4n) is 2.63. The Morgan fingerprint density at radius 2 is 1.83 bits per heavy atom. The predicted octanol–water partition coefficient (Wildman–Crippen LogP) is 7.42. The Hall–Kier alpha value is -1.20. The second-order valence-corrected chi connectivity index (χ2v) is 9.93. The minimum absolute atomic E-state index is 0.0456. The van der Waals surface area contributed by atoms with Crippen LogP contribution < -0.4 is 10.1 Å². The van der Waals surface area contributed by atoms with Crippen LogP contribution in [0.1, 0.15) is 20.7 Å². The van der Waals surface area contributed by atoms with Gasteiger partial charge < -0.3 is 15.2 Å². The first-order valence-corrected chi connectivity index (χ1v) is 11.9. The number of aromatic carboxylic acids is 1. The third-order valence-electron chi connectivity index (χ3n) is 3.93. The molecule has 10 heteroatoms. The summed E-state index contributed by atoms with van der Waals surface area (Å²) < 4.78 is 7.77. The van der Waals surface area contributed by atoms with Gasteiger partial charge in [0.15, 0.2) is 0 Å². The number of halogens is 4. The van der Waals surface area contributed by atoms with Crippen molar-refractivity contribution < 1.29 is 19.4 Å². The van der Waals surface area contributed by atoms with Gasteiger partial charge in [0.25, 0.3) is 5.91 Å². The first-order valence-electron chi connectivity index (χ1n) is 7.88. The molecule has 0 spiro atoms. The molecule has 3 aromatic rings. The molecule has 0 aliphatic heterocycles. The van der Waals surface area contributed by atoms with E-state index in [9.17, 15) is 14.7 Å². The van der Waals surface area contributed by atoms with Gasteiger partial charge >= 0.3 is 5.97 Å². The van der Waals surface area contributed by atoms with Crippen molar-refractivity contribution in [3.8, 4) is 16.9 Å². The predicted molar refractivity (Wildman–Crippen MR) is 128 cm³/mol. The lowest BCUT2D eigenvalue weighted by atomic mass is 10.0. The van der Waals surface area contributed by atoms with Crippen LogP contribution in [0.3, 0.4) is 0 Å². The van der Waals surface area contributed by atoms with E-state index >= 15 is 0 Å². The molecule has 0 atom stereocenters. The lowest BCUT2D eigenvalue weighted by Crippen LogP contribution is -2.14. The third-order valence-corrected chi connectivity index (χ3v) is 8.02. The lowest BCUT2D eigenvalue weighted by molar-refractivity contribution is 0.0699. The number of methoxy groups -OCH3 is 1. The second kappa shape index (κ2) is 9.30. The van der Waals surface area contributed by atoms with Gasteiger partial charge in [-0.3, -0.25) is 4.79 Å². The SMILES string of the molecule is COc1c(Br)cc(C(=O)Nc2scc(-c3cccc(Br)c3)c2C(=O)O)c(Br)c1Br. The Morgan fingerprint density at radius 1 is 1.10 bits per heavy atom. The number of anilines is 1. The minimum atomic E-state index is -1.12. The summed E-state index contributed by atoms with van der Waals surface area (Å²) in [6.07, 6.45) is 0. The Labute approximate surface area is 204 Å². The van der Waals surface area contributed by atoms with Gasteiger partial charge in [-0.05, 0) is 71.6 Å². The second-order valence-electron chi connectivity index (χ2n) is 5.69. The van der Waals surface area contributed by atoms with Gasteiger partial charge in [0.05, 0.1) is 21.6 Å². The Bertz CT molecular complexity index is 1130. The van der Waals surface area contributed by atoms with Gasteiger partial charge in [-0.1, -0.05) is 28.1 Å². The molecule has 29 heavy (non-hydrogen) atoms. The lowest BCUT2D eigenvalue weighted by Gasteiger charge is -2.12. The molecular formula is C19H11Br4NO4S. The molecule has 150 valence electrons. The number of carbonyl (C=O) groups is 2. The van der Waals surface area contributed by atoms with Crippen molar-refractivity contribution in [3.63, 3.8) is 0 Å². The highest BCUT2D eigenvalue weighted by Crippen LogP contribution is 2.42. The number of carboxylic acids is 1. The molecule has 2 aromatic carbocycles. The maximum absolute atomic E-state index is 12.9. The molecule has 1 amide bonds. The topological polar surface area (TPSA) is 75.6 Å². The number of hydrogen-bond acceptors (Lipinski definition) is 4. The van der Waals surface area contributed by atoms with Crippen LogP contribution in [0.2, 0.25) is 0 Å². The monoisotopic (exact) mass is 665 g/mol. The van der Waals surface area contributed by atoms with Crippen LogP contribution >= 0.6 is 75.1 Å². The zero-order valence-corrected chi connectivity index (χ0v) is 21.7. The fourth-order valence-corrected chi connectivity index (χ4v) is 5.91. The van der Waals surface area contributed by atoms with E-state index < -0.39 is 11.9 Å². The highest BCUT2D eigenvalue weighted by molar-refractivity contribution is 9.13. The summed E-state index contributed by atoms with van der Waals surface area (Å²) >= 11 is 14.7. The smallest absolute Gasteiger partial charge is 0.339 e. The van der Waals surface area contributed by atoms with E-state index in [1.165, 1.54) is 7.11 Å². The zero-order valence-electron chi connectivity index (χ0n) is 14.6. The van der Waals surface area contributed by atoms with Gasteiger partial charge in [-0.25, -0.2) is 4.79 Å². The normalized spacial score (nSPS) is 10.7. The molecule has 0 aliphatic carbocycles. The average Bonchev–Trinajstić information content (AvgIpc) is 3.09. The van der Waals surface area contributed by atoms with Gasteiger partial charge in [0.2, 0.25) is 0 Å². The van der Waals surface area contributed by atoms with Crippen LogP contribution in [-0.4, -0.2) is 24.1 Å². The average molecular weight is 669 g/mol. The molecule has 0 radical (unpaired) electrons. The van der Waals surface area contributed by atoms with Crippen molar-refractivity contribution in [1.29, 1.82) is 0 Å². The van der Waals surface area contributed by atoms with Crippen LogP contribution in [0.25, 0.3) is 11.1 Å². The Morgan fingerprint density at radius 3 is 2.45 bits per heavy atom. The summed E-state index contributed by atoms with van der Waals surface area (Å²) in [5.74, 6) is -1.04.